The summed E-state index contributed by atoms with van der Waals surface area (Å²) in [5.41, 5.74) is 1.20. The fourth-order valence-electron chi connectivity index (χ4n) is 2.20. The first-order valence-corrected chi connectivity index (χ1v) is 6.14. The third-order valence-corrected chi connectivity index (χ3v) is 2.79. The Morgan fingerprint density at radius 3 is 2.53 bits per heavy atom. The lowest BCUT2D eigenvalue weighted by Crippen LogP contribution is -2.42. The van der Waals surface area contributed by atoms with Crippen LogP contribution in [0.4, 0.5) is 0 Å². The van der Waals surface area contributed by atoms with Gasteiger partial charge >= 0.3 is 0 Å². The average molecular weight is 232 g/mol. The molecule has 0 N–H and O–H groups in total. The molecule has 1 heterocycles. The van der Waals surface area contributed by atoms with Crippen LogP contribution in [0.2, 0.25) is 0 Å². The van der Waals surface area contributed by atoms with Gasteiger partial charge < -0.3 is 9.47 Å². The van der Waals surface area contributed by atoms with E-state index in [0.29, 0.717) is 0 Å². The second-order valence-corrected chi connectivity index (χ2v) is 4.99. The van der Waals surface area contributed by atoms with E-state index in [0.717, 1.165) is 6.42 Å². The molecule has 0 aromatic heterocycles. The first kappa shape index (κ1) is 12.3. The van der Waals surface area contributed by atoms with Crippen molar-refractivity contribution in [3.63, 3.8) is 0 Å². The zero-order valence-electron chi connectivity index (χ0n) is 10.7. The van der Waals surface area contributed by atoms with Crippen molar-refractivity contribution in [1.29, 1.82) is 0 Å². The van der Waals surface area contributed by atoms with Crippen molar-refractivity contribution in [1.82, 2.24) is 0 Å². The van der Waals surface area contributed by atoms with E-state index in [1.807, 2.05) is 32.0 Å². The molecular weight excluding hydrogens is 212 g/mol. The van der Waals surface area contributed by atoms with Crippen LogP contribution in [0.5, 0.6) is 0 Å². The zero-order chi connectivity index (χ0) is 12.3. The van der Waals surface area contributed by atoms with E-state index < -0.39 is 5.79 Å². The number of hydrogen-bond acceptors (Lipinski definition) is 2. The Hall–Kier alpha value is -1.12. The molecule has 2 nitrogen and oxygen atoms in total. The smallest absolute Gasteiger partial charge is 0.163 e. The summed E-state index contributed by atoms with van der Waals surface area (Å²) in [4.78, 5) is 0. The van der Waals surface area contributed by atoms with Crippen LogP contribution in [0.15, 0.2) is 36.4 Å². The van der Waals surface area contributed by atoms with Crippen LogP contribution in [0.1, 0.15) is 32.8 Å². The lowest BCUT2D eigenvalue weighted by molar-refractivity contribution is -0.286. The molecule has 17 heavy (non-hydrogen) atoms. The van der Waals surface area contributed by atoms with E-state index in [1.54, 1.807) is 0 Å². The monoisotopic (exact) mass is 232 g/mol. The van der Waals surface area contributed by atoms with Crippen molar-refractivity contribution in [2.75, 3.05) is 0 Å². The quantitative estimate of drug-likeness (QED) is 0.775. The van der Waals surface area contributed by atoms with E-state index in [4.69, 9.17) is 9.47 Å². The van der Waals surface area contributed by atoms with Gasteiger partial charge in [-0.1, -0.05) is 42.5 Å². The molecule has 1 aliphatic rings. The van der Waals surface area contributed by atoms with Crippen LogP contribution in [0, 0.1) is 0 Å². The minimum atomic E-state index is -0.483. The minimum Gasteiger partial charge on any atom is -0.347 e. The summed E-state index contributed by atoms with van der Waals surface area (Å²) in [6.45, 7) is 6.02. The number of rotatable bonds is 2. The second kappa shape index (κ2) is 5.03. The fraction of sp³-hybridized carbons (Fsp3) is 0.467. The second-order valence-electron chi connectivity index (χ2n) is 4.99. The summed E-state index contributed by atoms with van der Waals surface area (Å²) in [6, 6.07) is 10.3. The van der Waals surface area contributed by atoms with Crippen LogP contribution in [0.25, 0.3) is 6.08 Å². The third-order valence-electron chi connectivity index (χ3n) is 2.79. The predicted octanol–water partition coefficient (Wildman–Crippen LogP) is 3.63. The maximum absolute atomic E-state index is 5.86. The van der Waals surface area contributed by atoms with Crippen LogP contribution < -0.4 is 0 Å². The third kappa shape index (κ3) is 3.69. The largest absolute Gasteiger partial charge is 0.347 e. The van der Waals surface area contributed by atoms with E-state index in [2.05, 4.69) is 31.2 Å². The summed E-state index contributed by atoms with van der Waals surface area (Å²) in [7, 11) is 0. The summed E-state index contributed by atoms with van der Waals surface area (Å²) in [5.74, 6) is -0.483. The average Bonchev–Trinajstić information content (AvgIpc) is 2.25. The van der Waals surface area contributed by atoms with Gasteiger partial charge in [-0.2, -0.15) is 0 Å². The highest BCUT2D eigenvalue weighted by Gasteiger charge is 2.31. The first-order chi connectivity index (χ1) is 8.05. The Bertz CT molecular complexity index is 381. The fourth-order valence-corrected chi connectivity index (χ4v) is 2.20. The maximum atomic E-state index is 5.86. The standard InChI is InChI=1S/C15H20O2/c1-12-11-14(17-15(2,3)16-12)10-9-13-7-5-4-6-8-13/h4-10,12,14H,11H2,1-3H3/b10-9+/t12-,14-/m0/s1. The van der Waals surface area contributed by atoms with Gasteiger partial charge in [0.1, 0.15) is 0 Å². The van der Waals surface area contributed by atoms with Gasteiger partial charge in [-0.15, -0.1) is 0 Å². The molecule has 1 aliphatic heterocycles. The van der Waals surface area contributed by atoms with E-state index in [-0.39, 0.29) is 12.2 Å². The minimum absolute atomic E-state index is 0.133. The molecule has 0 unspecified atom stereocenters. The van der Waals surface area contributed by atoms with Gasteiger partial charge in [0.25, 0.3) is 0 Å². The van der Waals surface area contributed by atoms with E-state index >= 15 is 0 Å². The Morgan fingerprint density at radius 1 is 1.18 bits per heavy atom. The highest BCUT2D eigenvalue weighted by Crippen LogP contribution is 2.27. The van der Waals surface area contributed by atoms with E-state index in [1.165, 1.54) is 5.56 Å². The molecule has 0 aliphatic carbocycles. The molecule has 0 saturated carbocycles. The van der Waals surface area contributed by atoms with Crippen molar-refractivity contribution >= 4 is 6.08 Å². The normalized spacial score (nSPS) is 28.4. The van der Waals surface area contributed by atoms with Gasteiger partial charge in [-0.05, 0) is 26.3 Å². The lowest BCUT2D eigenvalue weighted by Gasteiger charge is -2.38. The molecule has 1 fully saturated rings. The van der Waals surface area contributed by atoms with Crippen LogP contribution >= 0.6 is 0 Å². The van der Waals surface area contributed by atoms with Crippen molar-refractivity contribution in [2.45, 2.75) is 45.2 Å². The molecule has 2 heteroatoms. The summed E-state index contributed by atoms with van der Waals surface area (Å²) >= 11 is 0. The van der Waals surface area contributed by atoms with Crippen molar-refractivity contribution in [3.8, 4) is 0 Å². The van der Waals surface area contributed by atoms with Crippen LogP contribution in [0.3, 0.4) is 0 Å². The van der Waals surface area contributed by atoms with Gasteiger partial charge in [0.15, 0.2) is 5.79 Å². The van der Waals surface area contributed by atoms with Crippen molar-refractivity contribution in [2.24, 2.45) is 0 Å². The van der Waals surface area contributed by atoms with Gasteiger partial charge in [0.05, 0.1) is 12.2 Å². The van der Waals surface area contributed by atoms with Crippen LogP contribution in [-0.2, 0) is 9.47 Å². The number of ether oxygens (including phenoxy) is 2. The van der Waals surface area contributed by atoms with Gasteiger partial charge in [0, 0.05) is 6.42 Å². The summed E-state index contributed by atoms with van der Waals surface area (Å²) in [5, 5.41) is 0. The molecule has 92 valence electrons. The van der Waals surface area contributed by atoms with Crippen LogP contribution in [-0.4, -0.2) is 18.0 Å². The number of benzene rings is 1. The van der Waals surface area contributed by atoms with Crippen molar-refractivity contribution in [3.05, 3.63) is 42.0 Å². The highest BCUT2D eigenvalue weighted by atomic mass is 16.7. The van der Waals surface area contributed by atoms with Gasteiger partial charge in [0.2, 0.25) is 0 Å². The Balaban J connectivity index is 2.01. The Kier molecular flexibility index (Phi) is 3.65. The highest BCUT2D eigenvalue weighted by molar-refractivity contribution is 5.49. The molecule has 0 spiro atoms. The molecule has 0 bridgehead atoms. The number of hydrogen-bond donors (Lipinski definition) is 0. The molecule has 1 saturated heterocycles. The molecule has 1 aromatic carbocycles. The molecule has 0 radical (unpaired) electrons. The van der Waals surface area contributed by atoms with Crippen molar-refractivity contribution < 1.29 is 9.47 Å². The Morgan fingerprint density at radius 2 is 1.88 bits per heavy atom. The molecular formula is C15H20O2. The maximum Gasteiger partial charge on any atom is 0.163 e. The SMILES string of the molecule is C[C@H]1C[C@H](/C=C/c2ccccc2)OC(C)(C)O1. The zero-order valence-corrected chi connectivity index (χ0v) is 10.7. The topological polar surface area (TPSA) is 18.5 Å². The molecule has 2 atom stereocenters. The lowest BCUT2D eigenvalue weighted by atomic mass is 10.1. The van der Waals surface area contributed by atoms with E-state index in [9.17, 15) is 0 Å². The van der Waals surface area contributed by atoms with Gasteiger partial charge in [-0.3, -0.25) is 0 Å². The molecule has 0 amide bonds. The Labute approximate surface area is 103 Å². The first-order valence-electron chi connectivity index (χ1n) is 6.14. The predicted molar refractivity (Wildman–Crippen MR) is 69.6 cm³/mol. The van der Waals surface area contributed by atoms with Gasteiger partial charge in [-0.25, -0.2) is 0 Å². The summed E-state index contributed by atoms with van der Waals surface area (Å²) in [6.07, 6.45) is 5.51. The molecule has 1 aromatic rings. The summed E-state index contributed by atoms with van der Waals surface area (Å²) < 4.78 is 11.6. The molecule has 2 rings (SSSR count).